The van der Waals surface area contributed by atoms with Gasteiger partial charge in [0.2, 0.25) is 0 Å². The van der Waals surface area contributed by atoms with Crippen LogP contribution in [0.5, 0.6) is 0 Å². The van der Waals surface area contributed by atoms with E-state index in [4.69, 9.17) is 4.74 Å². The number of amides is 1. The maximum Gasteiger partial charge on any atom is 0.338 e. The zero-order valence-corrected chi connectivity index (χ0v) is 20.5. The number of ether oxygens (including phenoxy) is 1. The number of hydrogen-bond acceptors (Lipinski definition) is 6. The molecule has 1 aliphatic heterocycles. The number of carbonyl (C=O) groups is 2. The molecule has 184 valence electrons. The van der Waals surface area contributed by atoms with Gasteiger partial charge in [-0.1, -0.05) is 12.5 Å². The molecule has 0 atom stereocenters. The predicted molar refractivity (Wildman–Crippen MR) is 134 cm³/mol. The lowest BCUT2D eigenvalue weighted by molar-refractivity contribution is -0.119. The molecular weight excluding hydrogens is 468 g/mol. The first-order chi connectivity index (χ1) is 16.7. The minimum atomic E-state index is -3.84. The summed E-state index contributed by atoms with van der Waals surface area (Å²) in [6.07, 6.45) is 3.42. The number of carbonyl (C=O) groups excluding carboxylic acids is 2. The molecule has 9 nitrogen and oxygen atoms in total. The van der Waals surface area contributed by atoms with Crippen LogP contribution in [0.3, 0.4) is 0 Å². The second-order valence-corrected chi connectivity index (χ2v) is 10.2. The molecule has 3 aromatic rings. The Balaban J connectivity index is 1.37. The van der Waals surface area contributed by atoms with Gasteiger partial charge in [0.05, 0.1) is 10.5 Å². The number of amidine groups is 1. The lowest BCUT2D eigenvalue weighted by Gasteiger charge is -2.11. The van der Waals surface area contributed by atoms with Crippen molar-refractivity contribution in [1.29, 1.82) is 0 Å². The van der Waals surface area contributed by atoms with Gasteiger partial charge in [-0.2, -0.15) is 0 Å². The molecule has 0 spiro atoms. The molecule has 2 heterocycles. The number of hydrogen-bond donors (Lipinski definition) is 3. The lowest BCUT2D eigenvalue weighted by Crippen LogP contribution is -2.30. The Morgan fingerprint density at radius 3 is 2.74 bits per heavy atom. The topological polar surface area (TPSA) is 130 Å². The van der Waals surface area contributed by atoms with Crippen molar-refractivity contribution in [3.63, 3.8) is 0 Å². The largest absolute Gasteiger partial charge is 0.452 e. The van der Waals surface area contributed by atoms with E-state index in [-0.39, 0.29) is 10.6 Å². The minimum Gasteiger partial charge on any atom is -0.452 e. The summed E-state index contributed by atoms with van der Waals surface area (Å²) < 4.78 is 33.2. The highest BCUT2D eigenvalue weighted by Gasteiger charge is 2.18. The second kappa shape index (κ2) is 10.3. The fourth-order valence-corrected chi connectivity index (χ4v) is 5.05. The molecule has 0 aliphatic carbocycles. The smallest absolute Gasteiger partial charge is 0.338 e. The Labute approximate surface area is 204 Å². The Bertz CT molecular complexity index is 1410. The van der Waals surface area contributed by atoms with Gasteiger partial charge in [0.25, 0.3) is 15.9 Å². The molecule has 1 amide bonds. The number of rotatable bonds is 6. The van der Waals surface area contributed by atoms with Crippen LogP contribution < -0.4 is 10.0 Å². The molecule has 0 bridgehead atoms. The van der Waals surface area contributed by atoms with Crippen molar-refractivity contribution >= 4 is 44.3 Å². The number of aryl methyl sites for hydroxylation is 2. The molecule has 2 aromatic carbocycles. The summed E-state index contributed by atoms with van der Waals surface area (Å²) in [5.41, 5.74) is 3.60. The number of benzene rings is 2. The molecule has 10 heteroatoms. The van der Waals surface area contributed by atoms with Gasteiger partial charge in [-0.05, 0) is 68.7 Å². The molecule has 3 N–H and O–H groups in total. The van der Waals surface area contributed by atoms with Crippen LogP contribution in [0.1, 0.15) is 47.3 Å². The van der Waals surface area contributed by atoms with Crippen molar-refractivity contribution in [3.05, 3.63) is 59.3 Å². The van der Waals surface area contributed by atoms with Gasteiger partial charge in [0, 0.05) is 35.2 Å². The monoisotopic (exact) mass is 496 g/mol. The molecule has 0 saturated carbocycles. The fourth-order valence-electron chi connectivity index (χ4n) is 3.91. The maximum absolute atomic E-state index is 12.8. The molecule has 0 saturated heterocycles. The molecule has 0 radical (unpaired) electrons. The highest BCUT2D eigenvalue weighted by atomic mass is 32.2. The van der Waals surface area contributed by atoms with E-state index in [2.05, 4.69) is 20.0 Å². The Morgan fingerprint density at radius 2 is 1.91 bits per heavy atom. The third kappa shape index (κ3) is 5.89. The van der Waals surface area contributed by atoms with Crippen LogP contribution in [0.25, 0.3) is 10.9 Å². The van der Waals surface area contributed by atoms with Crippen molar-refractivity contribution in [2.45, 2.75) is 44.4 Å². The van der Waals surface area contributed by atoms with Crippen LogP contribution in [0.4, 0.5) is 5.69 Å². The molecule has 35 heavy (non-hydrogen) atoms. The van der Waals surface area contributed by atoms with E-state index in [1.807, 2.05) is 13.8 Å². The standard InChI is InChI=1S/C25H28N4O5S/c1-16-17(2)27-22-11-10-18(13-21(16)22)25(31)34-15-24(30)28-19-7-6-8-20(14-19)35(32,33)29-23-9-4-3-5-12-26-23/h6-8,10-11,13-14,27H,3-5,9,12,15H2,1-2H3,(H,26,29)(H,28,30). The number of anilines is 1. The number of sulfonamides is 1. The quantitative estimate of drug-likeness (QED) is 0.447. The molecule has 1 aliphatic rings. The number of esters is 1. The SMILES string of the molecule is Cc1[nH]c2ccc(C(=O)OCC(=O)Nc3cccc(S(=O)(=O)NC4=NCCCCC4)c3)cc2c1C. The van der Waals surface area contributed by atoms with Crippen molar-refractivity contribution in [2.75, 3.05) is 18.5 Å². The normalized spacial score (nSPS) is 14.2. The Kier molecular flexibility index (Phi) is 7.20. The Morgan fingerprint density at radius 1 is 1.09 bits per heavy atom. The first-order valence-electron chi connectivity index (χ1n) is 11.4. The van der Waals surface area contributed by atoms with E-state index in [0.29, 0.717) is 24.4 Å². The van der Waals surface area contributed by atoms with Crippen molar-refractivity contribution in [2.24, 2.45) is 4.99 Å². The van der Waals surface area contributed by atoms with Crippen LogP contribution in [-0.4, -0.2) is 44.3 Å². The number of H-pyrrole nitrogens is 1. The van der Waals surface area contributed by atoms with Crippen molar-refractivity contribution in [1.82, 2.24) is 9.71 Å². The number of aromatic nitrogens is 1. The summed E-state index contributed by atoms with van der Waals surface area (Å²) in [4.78, 5) is 32.4. The van der Waals surface area contributed by atoms with E-state index in [1.54, 1.807) is 24.3 Å². The zero-order valence-electron chi connectivity index (χ0n) is 19.7. The average molecular weight is 497 g/mol. The first-order valence-corrected chi connectivity index (χ1v) is 12.9. The lowest BCUT2D eigenvalue weighted by atomic mass is 10.1. The highest BCUT2D eigenvalue weighted by molar-refractivity contribution is 7.90. The van der Waals surface area contributed by atoms with E-state index in [1.165, 1.54) is 18.2 Å². The van der Waals surface area contributed by atoms with Gasteiger partial charge >= 0.3 is 5.97 Å². The highest BCUT2D eigenvalue weighted by Crippen LogP contribution is 2.23. The van der Waals surface area contributed by atoms with Gasteiger partial charge in [-0.3, -0.25) is 14.5 Å². The van der Waals surface area contributed by atoms with Gasteiger partial charge < -0.3 is 15.0 Å². The van der Waals surface area contributed by atoms with Crippen LogP contribution in [0, 0.1) is 13.8 Å². The van der Waals surface area contributed by atoms with Gasteiger partial charge in [-0.25, -0.2) is 13.2 Å². The molecule has 0 fully saturated rings. The zero-order chi connectivity index (χ0) is 25.0. The van der Waals surface area contributed by atoms with Gasteiger partial charge in [0.1, 0.15) is 5.84 Å². The molecular formula is C25H28N4O5S. The number of fused-ring (bicyclic) bond motifs is 1. The van der Waals surface area contributed by atoms with Crippen molar-refractivity contribution in [3.8, 4) is 0 Å². The molecule has 4 rings (SSSR count). The fraction of sp³-hybridized carbons (Fsp3) is 0.320. The molecule has 0 unspecified atom stereocenters. The van der Waals surface area contributed by atoms with E-state index < -0.39 is 28.5 Å². The summed E-state index contributed by atoms with van der Waals surface area (Å²) in [5.74, 6) is -0.749. The third-order valence-corrected chi connectivity index (χ3v) is 7.31. The predicted octanol–water partition coefficient (Wildman–Crippen LogP) is 3.83. The Hall–Kier alpha value is -3.66. The minimum absolute atomic E-state index is 0.00436. The summed E-state index contributed by atoms with van der Waals surface area (Å²) in [6, 6.07) is 11.0. The van der Waals surface area contributed by atoms with E-state index in [9.17, 15) is 18.0 Å². The molecule has 1 aromatic heterocycles. The number of aromatic amines is 1. The van der Waals surface area contributed by atoms with E-state index in [0.717, 1.165) is 41.4 Å². The van der Waals surface area contributed by atoms with Crippen LogP contribution in [-0.2, 0) is 19.6 Å². The number of nitrogens with one attached hydrogen (secondary N) is 3. The summed E-state index contributed by atoms with van der Waals surface area (Å²) >= 11 is 0. The summed E-state index contributed by atoms with van der Waals surface area (Å²) in [5, 5.41) is 3.49. The average Bonchev–Trinajstić information content (AvgIpc) is 2.98. The van der Waals surface area contributed by atoms with Crippen LogP contribution in [0.2, 0.25) is 0 Å². The van der Waals surface area contributed by atoms with Crippen molar-refractivity contribution < 1.29 is 22.7 Å². The van der Waals surface area contributed by atoms with Crippen LogP contribution in [0.15, 0.2) is 52.4 Å². The van der Waals surface area contributed by atoms with E-state index >= 15 is 0 Å². The van der Waals surface area contributed by atoms with Gasteiger partial charge in [-0.15, -0.1) is 0 Å². The van der Waals surface area contributed by atoms with Crippen LogP contribution >= 0.6 is 0 Å². The number of nitrogens with zero attached hydrogens (tertiary/aromatic N) is 1. The summed E-state index contributed by atoms with van der Waals surface area (Å²) in [6.45, 7) is 4.02. The maximum atomic E-state index is 12.8. The van der Waals surface area contributed by atoms with Gasteiger partial charge in [0.15, 0.2) is 6.61 Å². The summed E-state index contributed by atoms with van der Waals surface area (Å²) in [7, 11) is -3.84. The third-order valence-electron chi connectivity index (χ3n) is 5.93. The number of aliphatic imine (C=N–C) groups is 1. The first kappa shape index (κ1) is 24.5. The second-order valence-electron chi connectivity index (χ2n) is 8.53.